The molecule has 1 saturated carbocycles. The fourth-order valence-corrected chi connectivity index (χ4v) is 6.07. The number of hydrogen-bond donors (Lipinski definition) is 0. The number of methoxy groups -OCH3 is 1. The molecule has 3 heterocycles. The maximum absolute atomic E-state index is 5.46. The van der Waals surface area contributed by atoms with Crippen LogP contribution in [-0.4, -0.2) is 57.1 Å². The molecule has 1 aromatic carbocycles. The van der Waals surface area contributed by atoms with Gasteiger partial charge < -0.3 is 18.6 Å². The Morgan fingerprint density at radius 2 is 2.13 bits per heavy atom. The summed E-state index contributed by atoms with van der Waals surface area (Å²) >= 11 is 1.75. The third kappa shape index (κ3) is 3.46. The molecule has 0 spiro atoms. The van der Waals surface area contributed by atoms with Crippen molar-refractivity contribution in [3.05, 3.63) is 41.9 Å². The van der Waals surface area contributed by atoms with Gasteiger partial charge in [0.05, 0.1) is 12.8 Å². The van der Waals surface area contributed by atoms with Gasteiger partial charge in [0, 0.05) is 31.3 Å². The lowest BCUT2D eigenvalue weighted by Crippen LogP contribution is -2.28. The maximum atomic E-state index is 5.46. The first kappa shape index (κ1) is 20.6. The van der Waals surface area contributed by atoms with Crippen LogP contribution in [0.5, 0.6) is 5.75 Å². The van der Waals surface area contributed by atoms with Gasteiger partial charge in [-0.2, -0.15) is 0 Å². The summed E-state index contributed by atoms with van der Waals surface area (Å²) in [6.07, 6.45) is 3.85. The van der Waals surface area contributed by atoms with Gasteiger partial charge in [0.25, 0.3) is 0 Å². The number of aromatic nitrogens is 4. The molecule has 1 aliphatic carbocycles. The Balaban J connectivity index is 1.16. The first-order chi connectivity index (χ1) is 15.0. The summed E-state index contributed by atoms with van der Waals surface area (Å²) in [7, 11) is 3.72. The Labute approximate surface area is 187 Å². The molecular weight excluding hydrogens is 410 g/mol. The Bertz CT molecular complexity index is 1100. The highest BCUT2D eigenvalue weighted by Crippen LogP contribution is 2.68. The van der Waals surface area contributed by atoms with Crippen molar-refractivity contribution in [3.8, 4) is 17.3 Å². The molecule has 0 amide bonds. The van der Waals surface area contributed by atoms with E-state index in [9.17, 15) is 0 Å². The second-order valence-corrected chi connectivity index (χ2v) is 10.2. The van der Waals surface area contributed by atoms with E-state index in [1.165, 1.54) is 24.9 Å². The van der Waals surface area contributed by atoms with Crippen LogP contribution in [0.3, 0.4) is 0 Å². The SMILES string of the molecule is COc1cccc([C@]23CN(CCCSc4nnc(-c5ocnc5C)n4C)C[C@@]2(C)C3)c1. The van der Waals surface area contributed by atoms with Gasteiger partial charge in [0.15, 0.2) is 17.3 Å². The Morgan fingerprint density at radius 3 is 2.90 bits per heavy atom. The van der Waals surface area contributed by atoms with Gasteiger partial charge in [-0.25, -0.2) is 4.98 Å². The average Bonchev–Trinajstić information content (AvgIpc) is 3.10. The van der Waals surface area contributed by atoms with E-state index >= 15 is 0 Å². The first-order valence-corrected chi connectivity index (χ1v) is 11.7. The molecule has 2 aliphatic rings. The van der Waals surface area contributed by atoms with Crippen molar-refractivity contribution in [2.45, 2.75) is 37.3 Å². The molecule has 5 rings (SSSR count). The zero-order valence-electron chi connectivity index (χ0n) is 18.6. The molecule has 2 atom stereocenters. The minimum absolute atomic E-state index is 0.294. The van der Waals surface area contributed by atoms with Crippen LogP contribution < -0.4 is 4.74 Å². The van der Waals surface area contributed by atoms with Gasteiger partial charge in [0.1, 0.15) is 5.75 Å². The third-order valence-corrected chi connectivity index (χ3v) is 8.15. The van der Waals surface area contributed by atoms with Crippen LogP contribution in [-0.2, 0) is 12.5 Å². The van der Waals surface area contributed by atoms with E-state index in [-0.39, 0.29) is 0 Å². The normalized spacial score (nSPS) is 25.0. The Kier molecular flexibility index (Phi) is 5.09. The summed E-state index contributed by atoms with van der Waals surface area (Å²) in [5, 5.41) is 9.55. The molecule has 7 nitrogen and oxygen atoms in total. The standard InChI is InChI=1S/C23H29N5O2S/c1-16-19(30-15-24-16)20-25-26-21(27(20)3)31-10-6-9-28-13-22(2)12-23(22,14-28)17-7-5-8-18(11-17)29-4/h5,7-8,11,15H,6,9-10,12-14H2,1-4H3/t22-,23+/m1/s1. The van der Waals surface area contributed by atoms with E-state index in [2.05, 4.69) is 45.2 Å². The summed E-state index contributed by atoms with van der Waals surface area (Å²) in [6, 6.07) is 8.66. The number of benzene rings is 1. The van der Waals surface area contributed by atoms with Crippen LogP contribution in [0.25, 0.3) is 11.6 Å². The van der Waals surface area contributed by atoms with Gasteiger partial charge in [-0.3, -0.25) is 0 Å². The molecule has 8 heteroatoms. The average molecular weight is 440 g/mol. The lowest BCUT2D eigenvalue weighted by Gasteiger charge is -2.21. The van der Waals surface area contributed by atoms with Crippen molar-refractivity contribution in [1.82, 2.24) is 24.6 Å². The lowest BCUT2D eigenvalue weighted by molar-refractivity contribution is 0.284. The van der Waals surface area contributed by atoms with Crippen LogP contribution in [0, 0.1) is 12.3 Å². The van der Waals surface area contributed by atoms with Crippen molar-refractivity contribution in [1.29, 1.82) is 0 Å². The van der Waals surface area contributed by atoms with Gasteiger partial charge in [-0.15, -0.1) is 10.2 Å². The zero-order chi connectivity index (χ0) is 21.6. The number of thioether (sulfide) groups is 1. The van der Waals surface area contributed by atoms with E-state index in [1.54, 1.807) is 18.9 Å². The van der Waals surface area contributed by atoms with Crippen LogP contribution >= 0.6 is 11.8 Å². The monoisotopic (exact) mass is 439 g/mol. The number of piperidine rings is 1. The van der Waals surface area contributed by atoms with Gasteiger partial charge in [-0.05, 0) is 49.4 Å². The smallest absolute Gasteiger partial charge is 0.202 e. The van der Waals surface area contributed by atoms with Gasteiger partial charge >= 0.3 is 0 Å². The summed E-state index contributed by atoms with van der Waals surface area (Å²) < 4.78 is 12.9. The van der Waals surface area contributed by atoms with Crippen molar-refractivity contribution < 1.29 is 9.15 Å². The second-order valence-electron chi connectivity index (χ2n) is 9.10. The molecule has 2 fully saturated rings. The molecule has 31 heavy (non-hydrogen) atoms. The predicted molar refractivity (Wildman–Crippen MR) is 120 cm³/mol. The van der Waals surface area contributed by atoms with E-state index < -0.39 is 0 Å². The van der Waals surface area contributed by atoms with E-state index in [4.69, 9.17) is 9.15 Å². The van der Waals surface area contributed by atoms with Gasteiger partial charge in [-0.1, -0.05) is 30.8 Å². The minimum atomic E-state index is 0.294. The summed E-state index contributed by atoms with van der Waals surface area (Å²) in [5.41, 5.74) is 2.95. The van der Waals surface area contributed by atoms with E-state index in [0.717, 1.165) is 47.7 Å². The number of fused-ring (bicyclic) bond motifs is 1. The van der Waals surface area contributed by atoms with Crippen LogP contribution in [0.15, 0.2) is 40.2 Å². The summed E-state index contributed by atoms with van der Waals surface area (Å²) in [6.45, 7) is 7.78. The highest BCUT2D eigenvalue weighted by atomic mass is 32.2. The molecule has 0 bridgehead atoms. The number of aryl methyl sites for hydroxylation is 1. The number of hydrogen-bond acceptors (Lipinski definition) is 7. The summed E-state index contributed by atoms with van der Waals surface area (Å²) in [5.74, 6) is 3.39. The number of ether oxygens (including phenoxy) is 1. The van der Waals surface area contributed by atoms with Crippen LogP contribution in [0.1, 0.15) is 31.0 Å². The molecular formula is C23H29N5O2S. The fraction of sp³-hybridized carbons (Fsp3) is 0.522. The number of rotatable bonds is 8. The molecule has 1 aliphatic heterocycles. The van der Waals surface area contributed by atoms with Crippen molar-refractivity contribution in [3.63, 3.8) is 0 Å². The van der Waals surface area contributed by atoms with E-state index in [0.29, 0.717) is 16.6 Å². The predicted octanol–water partition coefficient (Wildman–Crippen LogP) is 3.93. The molecule has 0 N–H and O–H groups in total. The molecule has 1 saturated heterocycles. The molecule has 0 unspecified atom stereocenters. The summed E-state index contributed by atoms with van der Waals surface area (Å²) in [4.78, 5) is 6.78. The lowest BCUT2D eigenvalue weighted by atomic mass is 9.90. The fourth-order valence-electron chi connectivity index (χ4n) is 5.23. The van der Waals surface area contributed by atoms with E-state index in [1.807, 2.05) is 24.6 Å². The molecule has 2 aromatic heterocycles. The third-order valence-electron chi connectivity index (χ3n) is 7.04. The maximum Gasteiger partial charge on any atom is 0.202 e. The topological polar surface area (TPSA) is 69.2 Å². The number of nitrogens with zero attached hydrogens (tertiary/aromatic N) is 5. The van der Waals surface area contributed by atoms with Crippen LogP contribution in [0.2, 0.25) is 0 Å². The largest absolute Gasteiger partial charge is 0.497 e. The second kappa shape index (κ2) is 7.67. The minimum Gasteiger partial charge on any atom is -0.497 e. The molecule has 3 aromatic rings. The highest BCUT2D eigenvalue weighted by Gasteiger charge is 2.69. The van der Waals surface area contributed by atoms with Crippen LogP contribution in [0.4, 0.5) is 0 Å². The van der Waals surface area contributed by atoms with Gasteiger partial charge in [0.2, 0.25) is 5.82 Å². The van der Waals surface area contributed by atoms with Crippen molar-refractivity contribution in [2.75, 3.05) is 32.5 Å². The van der Waals surface area contributed by atoms with Crippen molar-refractivity contribution in [2.24, 2.45) is 12.5 Å². The first-order valence-electron chi connectivity index (χ1n) is 10.8. The number of likely N-dealkylation sites (tertiary alicyclic amines) is 1. The Hall–Kier alpha value is -2.32. The van der Waals surface area contributed by atoms with Crippen molar-refractivity contribution >= 4 is 11.8 Å². The molecule has 164 valence electrons. The quantitative estimate of drug-likeness (QED) is 0.389. The highest BCUT2D eigenvalue weighted by molar-refractivity contribution is 7.99. The number of oxazole rings is 1. The zero-order valence-corrected chi connectivity index (χ0v) is 19.4. The molecule has 0 radical (unpaired) electrons. The Morgan fingerprint density at radius 1 is 1.26 bits per heavy atom.